The summed E-state index contributed by atoms with van der Waals surface area (Å²) in [7, 11) is 4.86. The molecule has 1 unspecified atom stereocenters. The van der Waals surface area contributed by atoms with Crippen LogP contribution in [0.15, 0.2) is 72.8 Å². The number of methoxy groups -OCH3 is 1. The van der Waals surface area contributed by atoms with Crippen molar-refractivity contribution in [3.63, 3.8) is 0 Å². The van der Waals surface area contributed by atoms with Gasteiger partial charge in [-0.1, -0.05) is 24.3 Å². The van der Waals surface area contributed by atoms with Gasteiger partial charge in [0.2, 0.25) is 0 Å². The molecule has 0 aliphatic rings. The maximum absolute atomic E-state index is 13.2. The van der Waals surface area contributed by atoms with Crippen molar-refractivity contribution in [3.05, 3.63) is 95.1 Å². The minimum absolute atomic E-state index is 0.0467. The molecule has 3 aromatic carbocycles. The van der Waals surface area contributed by atoms with Crippen molar-refractivity contribution in [1.29, 1.82) is 0 Å². The third-order valence-electron chi connectivity index (χ3n) is 5.32. The number of anilines is 2. The summed E-state index contributed by atoms with van der Waals surface area (Å²) in [5.74, 6) is -2.99. The lowest BCUT2D eigenvalue weighted by Gasteiger charge is -2.17. The lowest BCUT2D eigenvalue weighted by molar-refractivity contribution is -0.141. The van der Waals surface area contributed by atoms with Gasteiger partial charge in [0.05, 0.1) is 12.7 Å². The predicted molar refractivity (Wildman–Crippen MR) is 126 cm³/mol. The van der Waals surface area contributed by atoms with Gasteiger partial charge in [0.15, 0.2) is 5.78 Å². The maximum Gasteiger partial charge on any atom is 0.416 e. The molecule has 35 heavy (non-hydrogen) atoms. The molecule has 3 aromatic rings. The van der Waals surface area contributed by atoms with Crippen LogP contribution >= 0.6 is 0 Å². The van der Waals surface area contributed by atoms with Crippen LogP contribution in [0.25, 0.3) is 0 Å². The fourth-order valence-electron chi connectivity index (χ4n) is 3.39. The van der Waals surface area contributed by atoms with Crippen molar-refractivity contribution in [2.45, 2.75) is 12.1 Å². The first-order valence-electron chi connectivity index (χ1n) is 10.5. The number of halogens is 3. The highest BCUT2D eigenvalue weighted by Gasteiger charge is 2.31. The van der Waals surface area contributed by atoms with Gasteiger partial charge in [-0.05, 0) is 54.1 Å². The Morgan fingerprint density at radius 3 is 2.06 bits per heavy atom. The third-order valence-corrected chi connectivity index (χ3v) is 5.32. The van der Waals surface area contributed by atoms with Gasteiger partial charge in [0.25, 0.3) is 5.91 Å². The van der Waals surface area contributed by atoms with E-state index in [2.05, 4.69) is 5.32 Å². The van der Waals surface area contributed by atoms with E-state index in [0.29, 0.717) is 16.8 Å². The van der Waals surface area contributed by atoms with Crippen LogP contribution in [-0.4, -0.2) is 38.9 Å². The van der Waals surface area contributed by atoms with Crippen molar-refractivity contribution in [2.24, 2.45) is 0 Å². The van der Waals surface area contributed by atoms with E-state index < -0.39 is 35.3 Å². The fraction of sp³-hybridized carbons (Fsp3) is 0.192. The van der Waals surface area contributed by atoms with Gasteiger partial charge in [-0.15, -0.1) is 0 Å². The van der Waals surface area contributed by atoms with E-state index in [1.165, 1.54) is 31.4 Å². The Bertz CT molecular complexity index is 1220. The third kappa shape index (κ3) is 6.06. The molecule has 0 heterocycles. The molecule has 0 fully saturated rings. The van der Waals surface area contributed by atoms with Gasteiger partial charge >= 0.3 is 12.1 Å². The number of Topliss-reactive ketones (excluding diaryl/α,β-unsaturated/α-hetero) is 1. The standard InChI is InChI=1S/C26H23F3N2O4/c1-31(2)21-6-4-5-18(15-21)23(32)22(25(34)35-3)16-9-13-20(14-10-16)30-24(33)17-7-11-19(12-8-17)26(27,28)29/h4-15,22H,1-3H3,(H,30,33). The summed E-state index contributed by atoms with van der Waals surface area (Å²) < 4.78 is 43.0. The number of carbonyl (C=O) groups is 3. The Balaban J connectivity index is 1.80. The van der Waals surface area contributed by atoms with Crippen molar-refractivity contribution >= 4 is 29.0 Å². The van der Waals surface area contributed by atoms with Crippen LogP contribution in [0, 0.1) is 0 Å². The van der Waals surface area contributed by atoms with E-state index in [9.17, 15) is 27.6 Å². The van der Waals surface area contributed by atoms with Crippen LogP contribution in [0.1, 0.15) is 37.8 Å². The lowest BCUT2D eigenvalue weighted by Crippen LogP contribution is -2.24. The Hall–Kier alpha value is -4.14. The molecule has 0 aromatic heterocycles. The number of carbonyl (C=O) groups excluding carboxylic acids is 3. The molecule has 9 heteroatoms. The number of nitrogens with zero attached hydrogens (tertiary/aromatic N) is 1. The number of benzene rings is 3. The van der Waals surface area contributed by atoms with Crippen molar-refractivity contribution in [2.75, 3.05) is 31.4 Å². The normalized spacial score (nSPS) is 11.9. The maximum atomic E-state index is 13.2. The van der Waals surface area contributed by atoms with Crippen LogP contribution < -0.4 is 10.2 Å². The Morgan fingerprint density at radius 2 is 1.51 bits per heavy atom. The molecule has 1 atom stereocenters. The smallest absolute Gasteiger partial charge is 0.416 e. The van der Waals surface area contributed by atoms with Crippen molar-refractivity contribution in [3.8, 4) is 0 Å². The molecule has 1 N–H and O–H groups in total. The van der Waals surface area contributed by atoms with E-state index >= 15 is 0 Å². The number of rotatable bonds is 7. The largest absolute Gasteiger partial charge is 0.468 e. The molecule has 1 amide bonds. The van der Waals surface area contributed by atoms with Crippen LogP contribution in [0.4, 0.5) is 24.5 Å². The first kappa shape index (κ1) is 25.5. The number of alkyl halides is 3. The van der Waals surface area contributed by atoms with Crippen molar-refractivity contribution < 1.29 is 32.3 Å². The number of hydrogen-bond donors (Lipinski definition) is 1. The van der Waals surface area contributed by atoms with Gasteiger partial charge in [-0.25, -0.2) is 0 Å². The van der Waals surface area contributed by atoms with Crippen molar-refractivity contribution in [1.82, 2.24) is 0 Å². The minimum atomic E-state index is -4.49. The Labute approximate surface area is 200 Å². The molecular formula is C26H23F3N2O4. The second-order valence-electron chi connectivity index (χ2n) is 7.92. The summed E-state index contributed by atoms with van der Waals surface area (Å²) >= 11 is 0. The molecule has 3 rings (SSSR count). The van der Waals surface area contributed by atoms with E-state index in [-0.39, 0.29) is 5.56 Å². The average molecular weight is 484 g/mol. The van der Waals surface area contributed by atoms with Gasteiger partial charge in [-0.3, -0.25) is 14.4 Å². The van der Waals surface area contributed by atoms with Crippen LogP contribution in [-0.2, 0) is 15.7 Å². The fourth-order valence-corrected chi connectivity index (χ4v) is 3.39. The summed E-state index contributed by atoms with van der Waals surface area (Å²) in [6.45, 7) is 0. The van der Waals surface area contributed by atoms with Crippen LogP contribution in [0.3, 0.4) is 0 Å². The topological polar surface area (TPSA) is 75.7 Å². The summed E-state index contributed by atoms with van der Waals surface area (Å²) in [6, 6.07) is 16.7. The molecule has 0 spiro atoms. The predicted octanol–water partition coefficient (Wildman–Crippen LogP) is 5.16. The highest BCUT2D eigenvalue weighted by Crippen LogP contribution is 2.29. The summed E-state index contributed by atoms with van der Waals surface area (Å²) in [4.78, 5) is 39.9. The second kappa shape index (κ2) is 10.4. The molecule has 0 radical (unpaired) electrons. The zero-order chi connectivity index (χ0) is 25.8. The molecular weight excluding hydrogens is 461 g/mol. The summed E-state index contributed by atoms with van der Waals surface area (Å²) in [6.07, 6.45) is -4.49. The Kier molecular flexibility index (Phi) is 7.58. The summed E-state index contributed by atoms with van der Waals surface area (Å²) in [5.41, 5.74) is 1.03. The molecule has 182 valence electrons. The van der Waals surface area contributed by atoms with Crippen LogP contribution in [0.2, 0.25) is 0 Å². The highest BCUT2D eigenvalue weighted by atomic mass is 19.4. The van der Waals surface area contributed by atoms with Gasteiger partial charge in [-0.2, -0.15) is 13.2 Å². The number of nitrogens with one attached hydrogen (secondary N) is 1. The average Bonchev–Trinajstić information content (AvgIpc) is 2.84. The van der Waals surface area contributed by atoms with Gasteiger partial charge in [0, 0.05) is 36.6 Å². The number of esters is 1. The van der Waals surface area contributed by atoms with E-state index in [1.807, 2.05) is 25.1 Å². The number of ether oxygens (including phenoxy) is 1. The SMILES string of the molecule is COC(=O)C(C(=O)c1cccc(N(C)C)c1)c1ccc(NC(=O)c2ccc(C(F)(F)F)cc2)cc1. The molecule has 0 aliphatic heterocycles. The summed E-state index contributed by atoms with van der Waals surface area (Å²) in [5, 5.41) is 2.58. The quantitative estimate of drug-likeness (QED) is 0.285. The monoisotopic (exact) mass is 484 g/mol. The first-order valence-corrected chi connectivity index (χ1v) is 10.5. The van der Waals surface area contributed by atoms with E-state index in [0.717, 1.165) is 30.0 Å². The van der Waals surface area contributed by atoms with Crippen LogP contribution in [0.5, 0.6) is 0 Å². The number of amides is 1. The lowest BCUT2D eigenvalue weighted by atomic mass is 9.90. The molecule has 6 nitrogen and oxygen atoms in total. The van der Waals surface area contributed by atoms with Gasteiger partial charge in [0.1, 0.15) is 5.92 Å². The molecule has 0 saturated carbocycles. The van der Waals surface area contributed by atoms with E-state index in [4.69, 9.17) is 4.74 Å². The molecule has 0 aliphatic carbocycles. The molecule has 0 bridgehead atoms. The first-order chi connectivity index (χ1) is 16.5. The van der Waals surface area contributed by atoms with E-state index in [1.54, 1.807) is 18.2 Å². The number of ketones is 1. The zero-order valence-corrected chi connectivity index (χ0v) is 19.2. The molecule has 0 saturated heterocycles. The minimum Gasteiger partial charge on any atom is -0.468 e. The zero-order valence-electron chi connectivity index (χ0n) is 19.2. The van der Waals surface area contributed by atoms with Gasteiger partial charge < -0.3 is 15.0 Å². The second-order valence-corrected chi connectivity index (χ2v) is 7.92. The Morgan fingerprint density at radius 1 is 0.886 bits per heavy atom. The highest BCUT2D eigenvalue weighted by molar-refractivity contribution is 6.13. The number of hydrogen-bond acceptors (Lipinski definition) is 5.